The lowest BCUT2D eigenvalue weighted by Gasteiger charge is -2.27. The Balaban J connectivity index is 1.69. The van der Waals surface area contributed by atoms with Crippen LogP contribution in [0.3, 0.4) is 0 Å². The molecule has 9 nitrogen and oxygen atoms in total. The number of nitrogens with zero attached hydrogens (tertiary/aromatic N) is 5. The normalized spacial score (nSPS) is 14.5. The first-order valence-electron chi connectivity index (χ1n) is 9.87. The van der Waals surface area contributed by atoms with Crippen molar-refractivity contribution < 1.29 is 0 Å². The summed E-state index contributed by atoms with van der Waals surface area (Å²) in [6.45, 7) is 2.03. The van der Waals surface area contributed by atoms with Gasteiger partial charge in [0.1, 0.15) is 17.5 Å². The van der Waals surface area contributed by atoms with Crippen molar-refractivity contribution in [2.75, 3.05) is 30.7 Å². The smallest absolute Gasteiger partial charge is 0.263 e. The molecule has 0 radical (unpaired) electrons. The van der Waals surface area contributed by atoms with E-state index < -0.39 is 0 Å². The van der Waals surface area contributed by atoms with Crippen molar-refractivity contribution in [3.05, 3.63) is 50.1 Å². The number of nitriles is 1. The van der Waals surface area contributed by atoms with E-state index in [4.69, 9.17) is 33.9 Å². The average Bonchev–Trinajstić information content (AvgIpc) is 2.74. The maximum absolute atomic E-state index is 13.4. The van der Waals surface area contributed by atoms with E-state index >= 15 is 0 Å². The fourth-order valence-electron chi connectivity index (χ4n) is 3.84. The minimum absolute atomic E-state index is 0.0115. The maximum Gasteiger partial charge on any atom is 0.263 e. The zero-order valence-electron chi connectivity index (χ0n) is 16.5. The standard InChI is InChI=1S/C20H20Cl2N8O/c21-13-2-1-3-14-16(13)19(31)30(11-4-7-25-8-5-11)15(27-14)6-9-26-18-12(10-23)17(22)28-20(24)29-18/h1-3,11,25H,4-9H2,(H3,24,26,28,29). The first-order chi connectivity index (χ1) is 15.0. The van der Waals surface area contributed by atoms with Crippen LogP contribution < -0.4 is 21.9 Å². The molecule has 31 heavy (non-hydrogen) atoms. The Labute approximate surface area is 188 Å². The van der Waals surface area contributed by atoms with Crippen LogP contribution in [0, 0.1) is 11.3 Å². The summed E-state index contributed by atoms with van der Waals surface area (Å²) in [5.41, 5.74) is 6.19. The van der Waals surface area contributed by atoms with Gasteiger partial charge >= 0.3 is 0 Å². The van der Waals surface area contributed by atoms with Crippen molar-refractivity contribution in [1.29, 1.82) is 5.26 Å². The van der Waals surface area contributed by atoms with Gasteiger partial charge in [0.2, 0.25) is 5.95 Å². The predicted molar refractivity (Wildman–Crippen MR) is 121 cm³/mol. The number of rotatable bonds is 5. The van der Waals surface area contributed by atoms with E-state index in [2.05, 4.69) is 20.6 Å². The largest absolute Gasteiger partial charge is 0.368 e. The van der Waals surface area contributed by atoms with Gasteiger partial charge in [-0.15, -0.1) is 0 Å². The van der Waals surface area contributed by atoms with E-state index in [0.29, 0.717) is 34.7 Å². The molecule has 0 bridgehead atoms. The zero-order chi connectivity index (χ0) is 22.0. The number of fused-ring (bicyclic) bond motifs is 1. The molecule has 0 unspecified atom stereocenters. The Morgan fingerprint density at radius 1 is 1.26 bits per heavy atom. The van der Waals surface area contributed by atoms with Crippen molar-refractivity contribution in [3.8, 4) is 6.07 Å². The highest BCUT2D eigenvalue weighted by atomic mass is 35.5. The van der Waals surface area contributed by atoms with Crippen molar-refractivity contribution in [3.63, 3.8) is 0 Å². The third-order valence-electron chi connectivity index (χ3n) is 5.26. The molecule has 1 aliphatic heterocycles. The van der Waals surface area contributed by atoms with Crippen LogP contribution in [0.4, 0.5) is 11.8 Å². The predicted octanol–water partition coefficient (Wildman–Crippen LogP) is 2.53. The van der Waals surface area contributed by atoms with Crippen LogP contribution in [0.1, 0.15) is 30.3 Å². The third-order valence-corrected chi connectivity index (χ3v) is 5.85. The Kier molecular flexibility index (Phi) is 6.23. The lowest BCUT2D eigenvalue weighted by molar-refractivity contribution is 0.351. The molecule has 160 valence electrons. The van der Waals surface area contributed by atoms with Crippen LogP contribution in [-0.4, -0.2) is 39.2 Å². The molecule has 1 aromatic carbocycles. The van der Waals surface area contributed by atoms with Gasteiger partial charge in [-0.3, -0.25) is 9.36 Å². The van der Waals surface area contributed by atoms with Crippen LogP contribution in [0.25, 0.3) is 10.9 Å². The second-order valence-electron chi connectivity index (χ2n) is 7.20. The lowest BCUT2D eigenvalue weighted by atomic mass is 10.1. The summed E-state index contributed by atoms with van der Waals surface area (Å²) >= 11 is 12.3. The second kappa shape index (κ2) is 9.06. The minimum atomic E-state index is -0.135. The van der Waals surface area contributed by atoms with Crippen LogP contribution in [0.15, 0.2) is 23.0 Å². The molecule has 4 rings (SSSR count). The number of benzene rings is 1. The van der Waals surface area contributed by atoms with Gasteiger partial charge in [-0.2, -0.15) is 15.2 Å². The molecule has 0 spiro atoms. The summed E-state index contributed by atoms with van der Waals surface area (Å²) < 4.78 is 1.77. The summed E-state index contributed by atoms with van der Waals surface area (Å²) in [5, 5.41) is 16.5. The summed E-state index contributed by atoms with van der Waals surface area (Å²) in [7, 11) is 0. The van der Waals surface area contributed by atoms with E-state index in [9.17, 15) is 10.1 Å². The van der Waals surface area contributed by atoms with Gasteiger partial charge < -0.3 is 16.4 Å². The van der Waals surface area contributed by atoms with Crippen LogP contribution in [-0.2, 0) is 6.42 Å². The van der Waals surface area contributed by atoms with Crippen molar-refractivity contribution in [2.45, 2.75) is 25.3 Å². The number of anilines is 2. The number of halogens is 2. The number of hydrogen-bond donors (Lipinski definition) is 3. The van der Waals surface area contributed by atoms with E-state index in [0.717, 1.165) is 25.9 Å². The van der Waals surface area contributed by atoms with Gasteiger partial charge in [0.15, 0.2) is 11.0 Å². The molecule has 11 heteroatoms. The fraction of sp³-hybridized carbons (Fsp3) is 0.350. The van der Waals surface area contributed by atoms with Crippen LogP contribution in [0.2, 0.25) is 10.2 Å². The van der Waals surface area contributed by atoms with Gasteiger partial charge in [0, 0.05) is 19.0 Å². The number of nitrogen functional groups attached to an aromatic ring is 1. The molecule has 0 atom stereocenters. The SMILES string of the molecule is N#Cc1c(Cl)nc(N)nc1NCCc1nc2cccc(Cl)c2c(=O)n1C1CCNCC1. The molecule has 3 heterocycles. The van der Waals surface area contributed by atoms with Crippen molar-refractivity contribution >= 4 is 45.9 Å². The van der Waals surface area contributed by atoms with Crippen LogP contribution in [0.5, 0.6) is 0 Å². The van der Waals surface area contributed by atoms with Gasteiger partial charge in [-0.1, -0.05) is 29.3 Å². The summed E-state index contributed by atoms with van der Waals surface area (Å²) in [6.07, 6.45) is 2.08. The summed E-state index contributed by atoms with van der Waals surface area (Å²) in [5.74, 6) is 0.863. The van der Waals surface area contributed by atoms with E-state index in [1.54, 1.807) is 22.8 Å². The molecule has 1 saturated heterocycles. The molecular weight excluding hydrogens is 439 g/mol. The van der Waals surface area contributed by atoms with Crippen molar-refractivity contribution in [1.82, 2.24) is 24.8 Å². The highest BCUT2D eigenvalue weighted by molar-refractivity contribution is 6.35. The molecule has 1 fully saturated rings. The Hall–Kier alpha value is -2.93. The average molecular weight is 459 g/mol. The minimum Gasteiger partial charge on any atom is -0.368 e. The van der Waals surface area contributed by atoms with Crippen molar-refractivity contribution in [2.24, 2.45) is 0 Å². The number of hydrogen-bond acceptors (Lipinski definition) is 8. The number of piperidine rings is 1. The number of nitrogens with two attached hydrogens (primary N) is 1. The maximum atomic E-state index is 13.4. The van der Waals surface area contributed by atoms with Gasteiger partial charge in [-0.05, 0) is 38.1 Å². The monoisotopic (exact) mass is 458 g/mol. The summed E-state index contributed by atoms with van der Waals surface area (Å²) in [6, 6.07) is 7.27. The Morgan fingerprint density at radius 2 is 2.03 bits per heavy atom. The molecule has 3 aromatic rings. The molecular formula is C20H20Cl2N8O. The number of aromatic nitrogens is 4. The summed E-state index contributed by atoms with van der Waals surface area (Å²) in [4.78, 5) is 26.0. The van der Waals surface area contributed by atoms with E-state index in [1.807, 2.05) is 6.07 Å². The molecule has 4 N–H and O–H groups in total. The zero-order valence-corrected chi connectivity index (χ0v) is 18.0. The van der Waals surface area contributed by atoms with Gasteiger partial charge in [0.25, 0.3) is 5.56 Å². The highest BCUT2D eigenvalue weighted by Gasteiger charge is 2.22. The highest BCUT2D eigenvalue weighted by Crippen LogP contribution is 2.24. The first kappa shape index (κ1) is 21.3. The molecule has 0 saturated carbocycles. The topological polar surface area (TPSA) is 135 Å². The molecule has 0 amide bonds. The molecule has 1 aliphatic rings. The molecule has 2 aromatic heterocycles. The van der Waals surface area contributed by atoms with Gasteiger partial charge in [0.05, 0.1) is 15.9 Å². The van der Waals surface area contributed by atoms with E-state index in [-0.39, 0.29) is 34.1 Å². The lowest BCUT2D eigenvalue weighted by Crippen LogP contribution is -2.37. The third kappa shape index (κ3) is 4.28. The fourth-order valence-corrected chi connectivity index (χ4v) is 4.30. The Bertz CT molecular complexity index is 1230. The second-order valence-corrected chi connectivity index (χ2v) is 7.97. The van der Waals surface area contributed by atoms with Gasteiger partial charge in [-0.25, -0.2) is 4.98 Å². The Morgan fingerprint density at radius 3 is 2.77 bits per heavy atom. The van der Waals surface area contributed by atoms with E-state index in [1.165, 1.54) is 0 Å². The number of nitrogens with one attached hydrogen (secondary N) is 2. The first-order valence-corrected chi connectivity index (χ1v) is 10.6. The van der Waals surface area contributed by atoms with Crippen LogP contribution >= 0.6 is 23.2 Å². The quantitative estimate of drug-likeness (QED) is 0.496. The molecule has 0 aliphatic carbocycles.